The van der Waals surface area contributed by atoms with Gasteiger partial charge in [0, 0.05) is 24.8 Å². The smallest absolute Gasteiger partial charge is 0.271 e. The molecule has 0 aromatic carbocycles. The SMILES string of the molecule is Cc1ccc([P@](=O)(OCCN2CCOCC2)C(C)(C)C)o1. The Morgan fingerprint density at radius 3 is 2.48 bits per heavy atom. The Kier molecular flexibility index (Phi) is 5.31. The average molecular weight is 315 g/mol. The van der Waals surface area contributed by atoms with Gasteiger partial charge >= 0.3 is 0 Å². The molecule has 6 heteroatoms. The Hall–Kier alpha value is -0.610. The van der Waals surface area contributed by atoms with E-state index in [-0.39, 0.29) is 0 Å². The van der Waals surface area contributed by atoms with Crippen LogP contribution in [0.5, 0.6) is 0 Å². The second kappa shape index (κ2) is 6.66. The summed E-state index contributed by atoms with van der Waals surface area (Å²) in [5.74, 6) is 0.756. The lowest BCUT2D eigenvalue weighted by molar-refractivity contribution is 0.0323. The maximum absolute atomic E-state index is 13.3. The monoisotopic (exact) mass is 315 g/mol. The molecular weight excluding hydrogens is 289 g/mol. The van der Waals surface area contributed by atoms with Crippen molar-refractivity contribution in [2.75, 3.05) is 39.5 Å². The van der Waals surface area contributed by atoms with Crippen LogP contribution in [-0.2, 0) is 13.8 Å². The van der Waals surface area contributed by atoms with Crippen molar-refractivity contribution < 1.29 is 18.2 Å². The molecule has 1 atom stereocenters. The fourth-order valence-corrected chi connectivity index (χ4v) is 4.34. The van der Waals surface area contributed by atoms with Crippen LogP contribution in [0.15, 0.2) is 16.5 Å². The Morgan fingerprint density at radius 1 is 1.29 bits per heavy atom. The highest BCUT2D eigenvalue weighted by Gasteiger charge is 2.42. The third-order valence-electron chi connectivity index (χ3n) is 3.68. The molecule has 1 aliphatic heterocycles. The van der Waals surface area contributed by atoms with Crippen LogP contribution < -0.4 is 5.50 Å². The molecule has 0 N–H and O–H groups in total. The zero-order chi connectivity index (χ0) is 15.5. The van der Waals surface area contributed by atoms with Gasteiger partial charge in [0.15, 0.2) is 5.50 Å². The predicted octanol–water partition coefficient (Wildman–Crippen LogP) is 2.64. The molecule has 1 aromatic heterocycles. The van der Waals surface area contributed by atoms with Crippen LogP contribution in [0.2, 0.25) is 0 Å². The average Bonchev–Trinajstić information content (AvgIpc) is 2.85. The molecule has 2 rings (SSSR count). The van der Waals surface area contributed by atoms with Gasteiger partial charge in [0.25, 0.3) is 7.37 Å². The molecule has 0 unspecified atom stereocenters. The third kappa shape index (κ3) is 3.98. The second-order valence-corrected chi connectivity index (χ2v) is 9.54. The summed E-state index contributed by atoms with van der Waals surface area (Å²) in [5, 5.41) is -0.484. The molecule has 1 fully saturated rings. The molecule has 21 heavy (non-hydrogen) atoms. The summed E-state index contributed by atoms with van der Waals surface area (Å²) in [6.45, 7) is 12.2. The minimum Gasteiger partial charge on any atom is -0.456 e. The molecule has 0 amide bonds. The maximum atomic E-state index is 13.3. The van der Waals surface area contributed by atoms with E-state index < -0.39 is 12.5 Å². The van der Waals surface area contributed by atoms with Gasteiger partial charge in [0.1, 0.15) is 5.76 Å². The van der Waals surface area contributed by atoms with Crippen molar-refractivity contribution in [1.82, 2.24) is 4.90 Å². The first-order valence-corrected chi connectivity index (χ1v) is 9.07. The highest BCUT2D eigenvalue weighted by Crippen LogP contribution is 2.57. The van der Waals surface area contributed by atoms with Crippen LogP contribution in [0.3, 0.4) is 0 Å². The van der Waals surface area contributed by atoms with Gasteiger partial charge in [-0.3, -0.25) is 9.46 Å². The number of furan rings is 1. The van der Waals surface area contributed by atoms with E-state index in [9.17, 15) is 4.57 Å². The molecule has 1 aromatic rings. The van der Waals surface area contributed by atoms with E-state index >= 15 is 0 Å². The van der Waals surface area contributed by atoms with Crippen molar-refractivity contribution in [3.05, 3.63) is 17.9 Å². The molecule has 0 bridgehead atoms. The highest BCUT2D eigenvalue weighted by molar-refractivity contribution is 7.68. The fourth-order valence-electron chi connectivity index (χ4n) is 2.29. The fraction of sp³-hybridized carbons (Fsp3) is 0.733. The van der Waals surface area contributed by atoms with Crippen LogP contribution in [0.4, 0.5) is 0 Å². The summed E-state index contributed by atoms with van der Waals surface area (Å²) in [6.07, 6.45) is 0. The Bertz CT molecular complexity index is 500. The standard InChI is InChI=1S/C15H26NO4P/c1-13-5-6-14(20-13)21(17,15(2,3)4)19-12-9-16-7-10-18-11-8-16/h5-6H,7-12H2,1-4H3/t21-/m0/s1. The number of hydrogen-bond acceptors (Lipinski definition) is 5. The van der Waals surface area contributed by atoms with Gasteiger partial charge in [-0.1, -0.05) is 20.8 Å². The van der Waals surface area contributed by atoms with E-state index in [2.05, 4.69) is 4.90 Å². The molecular formula is C15H26NO4P. The number of nitrogens with zero attached hydrogens (tertiary/aromatic N) is 1. The van der Waals surface area contributed by atoms with Crippen LogP contribution in [0.1, 0.15) is 26.5 Å². The summed E-state index contributed by atoms with van der Waals surface area (Å²) in [7, 11) is -3.03. The largest absolute Gasteiger partial charge is 0.456 e. The zero-order valence-electron chi connectivity index (χ0n) is 13.4. The van der Waals surface area contributed by atoms with Gasteiger partial charge in [0.05, 0.1) is 19.8 Å². The minimum absolute atomic E-state index is 0.439. The van der Waals surface area contributed by atoms with E-state index in [4.69, 9.17) is 13.7 Å². The summed E-state index contributed by atoms with van der Waals surface area (Å²) in [6, 6.07) is 3.61. The Morgan fingerprint density at radius 2 is 1.95 bits per heavy atom. The van der Waals surface area contributed by atoms with E-state index in [0.717, 1.165) is 38.6 Å². The van der Waals surface area contributed by atoms with Crippen molar-refractivity contribution in [3.63, 3.8) is 0 Å². The lowest BCUT2D eigenvalue weighted by atomic mass is 10.3. The third-order valence-corrected chi connectivity index (χ3v) is 6.82. The van der Waals surface area contributed by atoms with E-state index in [0.29, 0.717) is 12.1 Å². The van der Waals surface area contributed by atoms with Gasteiger partial charge in [-0.15, -0.1) is 0 Å². The maximum Gasteiger partial charge on any atom is 0.271 e. The lowest BCUT2D eigenvalue weighted by Gasteiger charge is -2.31. The Labute approximate surface area is 127 Å². The summed E-state index contributed by atoms with van der Waals surface area (Å²) >= 11 is 0. The van der Waals surface area contributed by atoms with Gasteiger partial charge < -0.3 is 13.7 Å². The number of hydrogen-bond donors (Lipinski definition) is 0. The molecule has 120 valence electrons. The van der Waals surface area contributed by atoms with Crippen LogP contribution in [0, 0.1) is 6.92 Å². The first-order valence-electron chi connectivity index (χ1n) is 7.45. The molecule has 1 aliphatic rings. The van der Waals surface area contributed by atoms with E-state index in [1.807, 2.05) is 33.8 Å². The lowest BCUT2D eigenvalue weighted by Crippen LogP contribution is -2.38. The van der Waals surface area contributed by atoms with Gasteiger partial charge in [-0.05, 0) is 19.1 Å². The molecule has 2 heterocycles. The quantitative estimate of drug-likeness (QED) is 0.782. The van der Waals surface area contributed by atoms with Gasteiger partial charge in [-0.25, -0.2) is 0 Å². The molecule has 0 aliphatic carbocycles. The van der Waals surface area contributed by atoms with Crippen molar-refractivity contribution >= 4 is 12.9 Å². The predicted molar refractivity (Wildman–Crippen MR) is 83.6 cm³/mol. The molecule has 0 radical (unpaired) electrons. The van der Waals surface area contributed by atoms with E-state index in [1.54, 1.807) is 6.07 Å². The van der Waals surface area contributed by atoms with Gasteiger partial charge in [0.2, 0.25) is 0 Å². The Balaban J connectivity index is 2.02. The molecule has 0 spiro atoms. The molecule has 5 nitrogen and oxygen atoms in total. The second-order valence-electron chi connectivity index (χ2n) is 6.39. The topological polar surface area (TPSA) is 51.9 Å². The molecule has 0 saturated carbocycles. The van der Waals surface area contributed by atoms with Crippen molar-refractivity contribution in [2.45, 2.75) is 32.9 Å². The number of ether oxygens (including phenoxy) is 1. The van der Waals surface area contributed by atoms with Crippen molar-refractivity contribution in [1.29, 1.82) is 0 Å². The van der Waals surface area contributed by atoms with Gasteiger partial charge in [-0.2, -0.15) is 0 Å². The van der Waals surface area contributed by atoms with E-state index in [1.165, 1.54) is 0 Å². The zero-order valence-corrected chi connectivity index (χ0v) is 14.3. The number of morpholine rings is 1. The summed E-state index contributed by atoms with van der Waals surface area (Å²) in [4.78, 5) is 2.27. The number of aryl methyl sites for hydroxylation is 1. The van der Waals surface area contributed by atoms with Crippen molar-refractivity contribution in [3.8, 4) is 0 Å². The van der Waals surface area contributed by atoms with Crippen LogP contribution in [-0.4, -0.2) is 49.5 Å². The number of rotatable bonds is 5. The summed E-state index contributed by atoms with van der Waals surface area (Å²) in [5.41, 5.74) is 0.467. The normalized spacial score (nSPS) is 20.4. The highest BCUT2D eigenvalue weighted by atomic mass is 31.2. The first-order chi connectivity index (χ1) is 9.83. The first kappa shape index (κ1) is 16.8. The van der Waals surface area contributed by atoms with Crippen molar-refractivity contribution in [2.24, 2.45) is 0 Å². The molecule has 1 saturated heterocycles. The van der Waals surface area contributed by atoms with Crippen LogP contribution in [0.25, 0.3) is 0 Å². The summed E-state index contributed by atoms with van der Waals surface area (Å²) < 4.78 is 30.1. The minimum atomic E-state index is -3.03. The van der Waals surface area contributed by atoms with Crippen LogP contribution >= 0.6 is 7.37 Å².